The van der Waals surface area contributed by atoms with Crippen LogP contribution in [0.1, 0.15) is 12.7 Å². The molecule has 0 amide bonds. The van der Waals surface area contributed by atoms with Crippen molar-refractivity contribution < 1.29 is 16.8 Å². The quantitative estimate of drug-likeness (QED) is 0.707. The van der Waals surface area contributed by atoms with Crippen LogP contribution in [0.5, 0.6) is 0 Å². The van der Waals surface area contributed by atoms with Crippen molar-refractivity contribution >= 4 is 19.9 Å². The summed E-state index contributed by atoms with van der Waals surface area (Å²) in [5, 5.41) is 11.4. The van der Waals surface area contributed by atoms with Crippen molar-refractivity contribution in [1.29, 1.82) is 0 Å². The van der Waals surface area contributed by atoms with Gasteiger partial charge in [0.1, 0.15) is 11.6 Å². The second kappa shape index (κ2) is 4.11. The van der Waals surface area contributed by atoms with Crippen LogP contribution in [0.15, 0.2) is 5.16 Å². The van der Waals surface area contributed by atoms with Crippen LogP contribution in [-0.4, -0.2) is 37.9 Å². The van der Waals surface area contributed by atoms with E-state index in [0.717, 1.165) is 10.8 Å². The van der Waals surface area contributed by atoms with E-state index < -0.39 is 25.0 Å². The Hall–Kier alpha value is -1.00. The third-order valence-electron chi connectivity index (χ3n) is 1.76. The largest absolute Gasteiger partial charge is 0.300 e. The number of sulfonamides is 1. The van der Waals surface area contributed by atoms with E-state index in [1.807, 2.05) is 0 Å². The first-order valence-electron chi connectivity index (χ1n) is 4.27. The van der Waals surface area contributed by atoms with Gasteiger partial charge in [0.15, 0.2) is 9.84 Å². The first-order chi connectivity index (χ1) is 7.15. The van der Waals surface area contributed by atoms with Gasteiger partial charge in [-0.3, -0.25) is 0 Å². The zero-order valence-corrected chi connectivity index (χ0v) is 10.4. The molecule has 2 N–H and O–H groups in total. The van der Waals surface area contributed by atoms with Gasteiger partial charge in [0.2, 0.25) is 0 Å². The number of hydrogen-bond acceptors (Lipinski definition) is 6. The van der Waals surface area contributed by atoms with Crippen LogP contribution >= 0.6 is 0 Å². The molecule has 1 heterocycles. The molecule has 0 bridgehead atoms. The molecule has 0 fully saturated rings. The molecule has 8 nitrogen and oxygen atoms in total. The Morgan fingerprint density at radius 3 is 2.19 bits per heavy atom. The number of sulfone groups is 1. The minimum absolute atomic E-state index is 0.0639. The predicted molar refractivity (Wildman–Crippen MR) is 55.6 cm³/mol. The molecular weight excluding hydrogens is 256 g/mol. The van der Waals surface area contributed by atoms with Gasteiger partial charge in [-0.15, -0.1) is 10.2 Å². The van der Waals surface area contributed by atoms with Crippen LogP contribution in [0.3, 0.4) is 0 Å². The average Bonchev–Trinajstić information content (AvgIpc) is 2.43. The van der Waals surface area contributed by atoms with Crippen molar-refractivity contribution in [3.63, 3.8) is 0 Å². The van der Waals surface area contributed by atoms with Gasteiger partial charge in [-0.05, 0) is 6.92 Å². The van der Waals surface area contributed by atoms with Crippen LogP contribution in [0, 0.1) is 0 Å². The lowest BCUT2D eigenvalue weighted by atomic mass is 10.6. The van der Waals surface area contributed by atoms with Crippen molar-refractivity contribution in [3.05, 3.63) is 5.82 Å². The Morgan fingerprint density at radius 1 is 1.25 bits per heavy atom. The summed E-state index contributed by atoms with van der Waals surface area (Å²) >= 11 is 0. The fourth-order valence-electron chi connectivity index (χ4n) is 1.19. The fourth-order valence-corrected chi connectivity index (χ4v) is 2.57. The Labute approximate surface area is 93.4 Å². The summed E-state index contributed by atoms with van der Waals surface area (Å²) in [4.78, 5) is 0. The monoisotopic (exact) mass is 268 g/mol. The minimum Gasteiger partial charge on any atom is -0.300 e. The Kier molecular flexibility index (Phi) is 3.35. The summed E-state index contributed by atoms with van der Waals surface area (Å²) in [6.45, 7) is 1.87. The lowest BCUT2D eigenvalue weighted by molar-refractivity contribution is 0.563. The summed E-state index contributed by atoms with van der Waals surface area (Å²) in [7, 11) is -7.29. The van der Waals surface area contributed by atoms with Gasteiger partial charge in [-0.25, -0.2) is 22.0 Å². The van der Waals surface area contributed by atoms with E-state index in [1.54, 1.807) is 6.92 Å². The molecule has 1 aromatic rings. The highest BCUT2D eigenvalue weighted by Crippen LogP contribution is 2.09. The third-order valence-corrected chi connectivity index (χ3v) is 3.35. The molecule has 10 heteroatoms. The van der Waals surface area contributed by atoms with Gasteiger partial charge in [0, 0.05) is 12.8 Å². The van der Waals surface area contributed by atoms with Crippen LogP contribution in [0.4, 0.5) is 0 Å². The number of primary sulfonamides is 1. The number of aromatic nitrogens is 3. The van der Waals surface area contributed by atoms with Gasteiger partial charge in [0.05, 0.1) is 0 Å². The molecule has 0 atom stereocenters. The van der Waals surface area contributed by atoms with E-state index in [0.29, 0.717) is 0 Å². The van der Waals surface area contributed by atoms with Crippen molar-refractivity contribution in [3.8, 4) is 0 Å². The average molecular weight is 268 g/mol. The Balaban J connectivity index is 3.31. The van der Waals surface area contributed by atoms with Crippen molar-refractivity contribution in [2.45, 2.75) is 24.4 Å². The number of rotatable bonds is 4. The number of nitrogens with zero attached hydrogens (tertiary/aromatic N) is 3. The molecule has 1 aromatic heterocycles. The van der Waals surface area contributed by atoms with E-state index in [-0.39, 0.29) is 18.1 Å². The lowest BCUT2D eigenvalue weighted by Gasteiger charge is -2.04. The van der Waals surface area contributed by atoms with Crippen molar-refractivity contribution in [2.75, 3.05) is 6.26 Å². The van der Waals surface area contributed by atoms with Crippen molar-refractivity contribution in [1.82, 2.24) is 14.8 Å². The van der Waals surface area contributed by atoms with E-state index in [1.165, 1.54) is 0 Å². The number of hydrogen-bond donors (Lipinski definition) is 1. The summed E-state index contributed by atoms with van der Waals surface area (Å²) in [6, 6.07) is 0. The molecule has 92 valence electrons. The molecule has 0 aliphatic rings. The predicted octanol–water partition coefficient (Wildman–Crippen LogP) is -1.51. The maximum Gasteiger partial charge on any atom is 0.273 e. The maximum atomic E-state index is 11.1. The molecule has 0 saturated carbocycles. The summed E-state index contributed by atoms with van der Waals surface area (Å²) in [6.07, 6.45) is 1.03. The zero-order chi connectivity index (χ0) is 12.6. The highest BCUT2D eigenvalue weighted by molar-refractivity contribution is 7.90. The van der Waals surface area contributed by atoms with Gasteiger partial charge >= 0.3 is 0 Å². The van der Waals surface area contributed by atoms with Crippen molar-refractivity contribution in [2.24, 2.45) is 5.14 Å². The molecule has 1 rings (SSSR count). The third kappa shape index (κ3) is 3.00. The Bertz CT molecular complexity index is 586. The lowest BCUT2D eigenvalue weighted by Crippen LogP contribution is -2.19. The molecule has 0 aromatic carbocycles. The zero-order valence-electron chi connectivity index (χ0n) is 8.78. The first-order valence-corrected chi connectivity index (χ1v) is 7.88. The summed E-state index contributed by atoms with van der Waals surface area (Å²) < 4.78 is 45.5. The highest BCUT2D eigenvalue weighted by atomic mass is 32.2. The Morgan fingerprint density at radius 2 is 1.81 bits per heavy atom. The molecule has 16 heavy (non-hydrogen) atoms. The minimum atomic E-state index is -3.99. The molecule has 0 saturated heterocycles. The van der Waals surface area contributed by atoms with E-state index in [4.69, 9.17) is 5.14 Å². The normalized spacial score (nSPS) is 12.9. The second-order valence-electron chi connectivity index (χ2n) is 3.26. The number of nitrogens with two attached hydrogens (primary N) is 1. The summed E-state index contributed by atoms with van der Waals surface area (Å²) in [5.74, 6) is -0.308. The van der Waals surface area contributed by atoms with E-state index >= 15 is 0 Å². The summed E-state index contributed by atoms with van der Waals surface area (Å²) in [5.41, 5.74) is 0. The van der Waals surface area contributed by atoms with Gasteiger partial charge in [-0.1, -0.05) is 0 Å². The molecule has 0 aliphatic carbocycles. The topological polar surface area (TPSA) is 125 Å². The smallest absolute Gasteiger partial charge is 0.273 e. The maximum absolute atomic E-state index is 11.1. The first kappa shape index (κ1) is 13.1. The second-order valence-corrected chi connectivity index (χ2v) is 6.85. The SMILES string of the molecule is CCn1c(CS(C)(=O)=O)nnc1S(N)(=O)=O. The molecule has 0 unspecified atom stereocenters. The molecule has 0 radical (unpaired) electrons. The van der Waals surface area contributed by atoms with Gasteiger partial charge in [0.25, 0.3) is 15.2 Å². The van der Waals surface area contributed by atoms with E-state index in [9.17, 15) is 16.8 Å². The highest BCUT2D eigenvalue weighted by Gasteiger charge is 2.21. The van der Waals surface area contributed by atoms with Gasteiger partial charge in [-0.2, -0.15) is 0 Å². The standard InChI is InChI=1S/C6H12N4O4S2/c1-3-10-5(4-15(2,11)12)8-9-6(10)16(7,13)14/h3-4H2,1-2H3,(H2,7,13,14). The molecule has 0 spiro atoms. The molecular formula is C6H12N4O4S2. The van der Waals surface area contributed by atoms with Crippen LogP contribution in [-0.2, 0) is 32.2 Å². The van der Waals surface area contributed by atoms with E-state index in [2.05, 4.69) is 10.2 Å². The molecule has 0 aliphatic heterocycles. The fraction of sp³-hybridized carbons (Fsp3) is 0.667. The van der Waals surface area contributed by atoms with Crippen LogP contribution in [0.25, 0.3) is 0 Å². The van der Waals surface area contributed by atoms with Crippen LogP contribution < -0.4 is 5.14 Å². The van der Waals surface area contributed by atoms with Crippen LogP contribution in [0.2, 0.25) is 0 Å². The van der Waals surface area contributed by atoms with Gasteiger partial charge < -0.3 is 4.57 Å².